The summed E-state index contributed by atoms with van der Waals surface area (Å²) >= 11 is 0. The molecule has 1 atom stereocenters. The third kappa shape index (κ3) is 2.33. The van der Waals surface area contributed by atoms with Crippen LogP contribution >= 0.6 is 0 Å². The molecule has 3 rings (SSSR count). The normalized spacial score (nSPS) is 31.5. The lowest BCUT2D eigenvalue weighted by Gasteiger charge is -2.38. The minimum absolute atomic E-state index is 0.277. The smallest absolute Gasteiger partial charge is 0.228 e. The van der Waals surface area contributed by atoms with Crippen LogP contribution in [0.1, 0.15) is 19.3 Å². The molecule has 4 nitrogen and oxygen atoms in total. The second kappa shape index (κ2) is 4.94. The van der Waals surface area contributed by atoms with Crippen LogP contribution in [0.5, 0.6) is 0 Å². The quantitative estimate of drug-likeness (QED) is 0.713. The highest BCUT2D eigenvalue weighted by Gasteiger charge is 2.33. The number of carbonyl (C=O) groups excluding carboxylic acids is 1. The van der Waals surface area contributed by atoms with E-state index in [1.165, 1.54) is 32.4 Å². The van der Waals surface area contributed by atoms with Gasteiger partial charge in [0.1, 0.15) is 0 Å². The van der Waals surface area contributed by atoms with Gasteiger partial charge in [0.2, 0.25) is 5.91 Å². The van der Waals surface area contributed by atoms with Gasteiger partial charge in [0.05, 0.1) is 5.92 Å². The Morgan fingerprint density at radius 3 is 2.24 bits per heavy atom. The van der Waals surface area contributed by atoms with Gasteiger partial charge in [-0.05, 0) is 44.2 Å². The van der Waals surface area contributed by atoms with Gasteiger partial charge in [0.25, 0.3) is 0 Å². The van der Waals surface area contributed by atoms with Crippen LogP contribution in [0.2, 0.25) is 0 Å². The molecular formula is C13H23N3O. The van der Waals surface area contributed by atoms with E-state index < -0.39 is 0 Å². The molecule has 17 heavy (non-hydrogen) atoms. The van der Waals surface area contributed by atoms with Crippen molar-refractivity contribution in [3.63, 3.8) is 0 Å². The SMILES string of the molecule is O=C(C1CNC1)N1CCC([C@H]2CCNC2)CC1. The molecule has 3 aliphatic heterocycles. The summed E-state index contributed by atoms with van der Waals surface area (Å²) in [6.07, 6.45) is 3.78. The number of piperidine rings is 1. The van der Waals surface area contributed by atoms with Crippen molar-refractivity contribution >= 4 is 5.91 Å². The van der Waals surface area contributed by atoms with Crippen LogP contribution in [0, 0.1) is 17.8 Å². The van der Waals surface area contributed by atoms with Crippen molar-refractivity contribution in [1.29, 1.82) is 0 Å². The zero-order chi connectivity index (χ0) is 11.7. The lowest BCUT2D eigenvalue weighted by atomic mass is 9.83. The van der Waals surface area contributed by atoms with E-state index in [2.05, 4.69) is 15.5 Å². The number of nitrogens with zero attached hydrogens (tertiary/aromatic N) is 1. The first-order valence-electron chi connectivity index (χ1n) is 7.05. The maximum Gasteiger partial charge on any atom is 0.228 e. The van der Waals surface area contributed by atoms with E-state index in [0.717, 1.165) is 38.0 Å². The number of likely N-dealkylation sites (tertiary alicyclic amines) is 1. The molecule has 4 heteroatoms. The first-order chi connectivity index (χ1) is 8.34. The standard InChI is InChI=1S/C13H23N3O/c17-13(12-8-15-9-12)16-5-2-10(3-6-16)11-1-4-14-7-11/h10-12,14-15H,1-9H2/t11-/m0/s1. The molecule has 0 aromatic rings. The fraction of sp³-hybridized carbons (Fsp3) is 0.923. The number of carbonyl (C=O) groups is 1. The largest absolute Gasteiger partial charge is 0.342 e. The minimum atomic E-state index is 0.277. The third-order valence-electron chi connectivity index (χ3n) is 4.75. The molecule has 3 fully saturated rings. The van der Waals surface area contributed by atoms with E-state index >= 15 is 0 Å². The number of hydrogen-bond acceptors (Lipinski definition) is 3. The molecule has 3 aliphatic rings. The summed E-state index contributed by atoms with van der Waals surface area (Å²) in [5, 5.41) is 6.63. The van der Waals surface area contributed by atoms with Crippen molar-refractivity contribution in [3.8, 4) is 0 Å². The molecular weight excluding hydrogens is 214 g/mol. The van der Waals surface area contributed by atoms with Gasteiger partial charge in [-0.3, -0.25) is 4.79 Å². The summed E-state index contributed by atoms with van der Waals surface area (Å²) in [5.41, 5.74) is 0. The highest BCUT2D eigenvalue weighted by Crippen LogP contribution is 2.29. The van der Waals surface area contributed by atoms with E-state index in [1.807, 2.05) is 0 Å². The summed E-state index contributed by atoms with van der Waals surface area (Å²) in [5.74, 6) is 2.40. The first-order valence-corrected chi connectivity index (χ1v) is 7.05. The van der Waals surface area contributed by atoms with Gasteiger partial charge in [0, 0.05) is 26.2 Å². The Morgan fingerprint density at radius 2 is 1.71 bits per heavy atom. The Bertz CT molecular complexity index is 276. The predicted molar refractivity (Wildman–Crippen MR) is 66.6 cm³/mol. The molecule has 0 bridgehead atoms. The average Bonchev–Trinajstić information content (AvgIpc) is 2.80. The van der Waals surface area contributed by atoms with Gasteiger partial charge >= 0.3 is 0 Å². The van der Waals surface area contributed by atoms with Crippen molar-refractivity contribution in [2.24, 2.45) is 17.8 Å². The monoisotopic (exact) mass is 237 g/mol. The Morgan fingerprint density at radius 1 is 0.941 bits per heavy atom. The zero-order valence-corrected chi connectivity index (χ0v) is 10.5. The van der Waals surface area contributed by atoms with Crippen LogP contribution in [0.15, 0.2) is 0 Å². The van der Waals surface area contributed by atoms with Crippen LogP contribution < -0.4 is 10.6 Å². The minimum Gasteiger partial charge on any atom is -0.342 e. The average molecular weight is 237 g/mol. The van der Waals surface area contributed by atoms with Crippen LogP contribution in [-0.4, -0.2) is 50.1 Å². The molecule has 3 heterocycles. The Kier molecular flexibility index (Phi) is 3.34. The van der Waals surface area contributed by atoms with E-state index in [9.17, 15) is 4.79 Å². The molecule has 3 saturated heterocycles. The van der Waals surface area contributed by atoms with Crippen LogP contribution in [-0.2, 0) is 4.79 Å². The fourth-order valence-electron chi connectivity index (χ4n) is 3.39. The van der Waals surface area contributed by atoms with Gasteiger partial charge in [0.15, 0.2) is 0 Å². The zero-order valence-electron chi connectivity index (χ0n) is 10.5. The summed E-state index contributed by atoms with van der Waals surface area (Å²) < 4.78 is 0. The highest BCUT2D eigenvalue weighted by molar-refractivity contribution is 5.80. The lowest BCUT2D eigenvalue weighted by molar-refractivity contribution is -0.138. The molecule has 2 N–H and O–H groups in total. The van der Waals surface area contributed by atoms with Crippen LogP contribution in [0.4, 0.5) is 0 Å². The summed E-state index contributed by atoms with van der Waals surface area (Å²) in [6, 6.07) is 0. The fourth-order valence-corrected chi connectivity index (χ4v) is 3.39. The van der Waals surface area contributed by atoms with E-state index in [4.69, 9.17) is 0 Å². The van der Waals surface area contributed by atoms with Crippen molar-refractivity contribution in [3.05, 3.63) is 0 Å². The Balaban J connectivity index is 1.47. The maximum atomic E-state index is 12.1. The van der Waals surface area contributed by atoms with Crippen molar-refractivity contribution in [2.45, 2.75) is 19.3 Å². The molecule has 0 aromatic heterocycles. The first kappa shape index (κ1) is 11.5. The van der Waals surface area contributed by atoms with Crippen molar-refractivity contribution in [1.82, 2.24) is 15.5 Å². The second-order valence-corrected chi connectivity index (χ2v) is 5.77. The lowest BCUT2D eigenvalue weighted by Crippen LogP contribution is -2.53. The number of amides is 1. The topological polar surface area (TPSA) is 44.4 Å². The molecule has 0 radical (unpaired) electrons. The Labute approximate surface area is 103 Å². The Hall–Kier alpha value is -0.610. The van der Waals surface area contributed by atoms with E-state index in [-0.39, 0.29) is 5.92 Å². The molecule has 0 unspecified atom stereocenters. The van der Waals surface area contributed by atoms with Crippen molar-refractivity contribution < 1.29 is 4.79 Å². The predicted octanol–water partition coefficient (Wildman–Crippen LogP) is 0.0539. The van der Waals surface area contributed by atoms with Crippen molar-refractivity contribution in [2.75, 3.05) is 39.3 Å². The molecule has 0 saturated carbocycles. The van der Waals surface area contributed by atoms with Gasteiger partial charge in [-0.25, -0.2) is 0 Å². The van der Waals surface area contributed by atoms with Crippen LogP contribution in [0.25, 0.3) is 0 Å². The van der Waals surface area contributed by atoms with Gasteiger partial charge in [-0.15, -0.1) is 0 Å². The number of nitrogens with one attached hydrogen (secondary N) is 2. The van der Waals surface area contributed by atoms with Gasteiger partial charge in [-0.1, -0.05) is 0 Å². The molecule has 0 spiro atoms. The second-order valence-electron chi connectivity index (χ2n) is 5.77. The van der Waals surface area contributed by atoms with Gasteiger partial charge in [-0.2, -0.15) is 0 Å². The molecule has 0 aliphatic carbocycles. The summed E-state index contributed by atoms with van der Waals surface area (Å²) in [4.78, 5) is 14.2. The van der Waals surface area contributed by atoms with Gasteiger partial charge < -0.3 is 15.5 Å². The number of hydrogen-bond donors (Lipinski definition) is 2. The molecule has 0 aromatic carbocycles. The highest BCUT2D eigenvalue weighted by atomic mass is 16.2. The maximum absolute atomic E-state index is 12.1. The molecule has 1 amide bonds. The third-order valence-corrected chi connectivity index (χ3v) is 4.75. The summed E-state index contributed by atoms with van der Waals surface area (Å²) in [7, 11) is 0. The van der Waals surface area contributed by atoms with E-state index in [0.29, 0.717) is 5.91 Å². The van der Waals surface area contributed by atoms with Crippen LogP contribution in [0.3, 0.4) is 0 Å². The molecule has 96 valence electrons. The summed E-state index contributed by atoms with van der Waals surface area (Å²) in [6.45, 7) is 6.17. The van der Waals surface area contributed by atoms with E-state index in [1.54, 1.807) is 0 Å². The number of rotatable bonds is 2.